The molecular formula is C13H17BrFN3. The highest BCUT2D eigenvalue weighted by atomic mass is 79.9. The molecule has 0 bridgehead atoms. The third-order valence-electron chi connectivity index (χ3n) is 3.38. The number of nitrogens with zero attached hydrogens (tertiary/aromatic N) is 2. The fourth-order valence-corrected chi connectivity index (χ4v) is 2.75. The molecule has 2 N–H and O–H groups in total. The first-order chi connectivity index (χ1) is 8.49. The molecule has 0 amide bonds. The van der Waals surface area contributed by atoms with Gasteiger partial charge in [0.1, 0.15) is 5.82 Å². The second kappa shape index (κ2) is 4.88. The van der Waals surface area contributed by atoms with Crippen molar-refractivity contribution in [1.29, 1.82) is 0 Å². The Morgan fingerprint density at radius 3 is 2.94 bits per heavy atom. The van der Waals surface area contributed by atoms with E-state index in [1.165, 1.54) is 6.07 Å². The lowest BCUT2D eigenvalue weighted by Gasteiger charge is -2.36. The fourth-order valence-electron chi connectivity index (χ4n) is 2.38. The van der Waals surface area contributed by atoms with Crippen LogP contribution >= 0.6 is 15.9 Å². The van der Waals surface area contributed by atoms with E-state index in [2.05, 4.69) is 27.8 Å². The van der Waals surface area contributed by atoms with Crippen molar-refractivity contribution in [3.05, 3.63) is 34.1 Å². The van der Waals surface area contributed by atoms with E-state index in [9.17, 15) is 4.39 Å². The molecule has 1 aliphatic heterocycles. The van der Waals surface area contributed by atoms with E-state index in [0.29, 0.717) is 18.1 Å². The summed E-state index contributed by atoms with van der Waals surface area (Å²) in [5.74, 6) is 0.283. The van der Waals surface area contributed by atoms with Crippen molar-refractivity contribution in [2.45, 2.75) is 25.8 Å². The standard InChI is InChI=1S/C13H17BrFN3/c1-3-6-18-12(16)17-8-13(18,2)10-7-9(14)4-5-11(10)15/h4-5,7H,3,6,8H2,1-2H3,(H2,16,17). The smallest absolute Gasteiger partial charge is 0.192 e. The number of benzene rings is 1. The average molecular weight is 314 g/mol. The quantitative estimate of drug-likeness (QED) is 0.932. The lowest BCUT2D eigenvalue weighted by atomic mass is 9.90. The molecule has 0 spiro atoms. The van der Waals surface area contributed by atoms with Gasteiger partial charge in [0.05, 0.1) is 12.1 Å². The van der Waals surface area contributed by atoms with Crippen LogP contribution in [-0.2, 0) is 5.54 Å². The lowest BCUT2D eigenvalue weighted by Crippen LogP contribution is -2.48. The van der Waals surface area contributed by atoms with Crippen molar-refractivity contribution in [3.8, 4) is 0 Å². The summed E-state index contributed by atoms with van der Waals surface area (Å²) in [5.41, 5.74) is 6.05. The third-order valence-corrected chi connectivity index (χ3v) is 3.87. The van der Waals surface area contributed by atoms with Gasteiger partial charge in [-0.2, -0.15) is 0 Å². The molecule has 3 nitrogen and oxygen atoms in total. The van der Waals surface area contributed by atoms with Crippen molar-refractivity contribution >= 4 is 21.9 Å². The second-order valence-corrected chi connectivity index (χ2v) is 5.64. The van der Waals surface area contributed by atoms with E-state index in [-0.39, 0.29) is 5.82 Å². The number of hydrogen-bond acceptors (Lipinski definition) is 3. The van der Waals surface area contributed by atoms with Crippen LogP contribution in [0, 0.1) is 5.82 Å². The SMILES string of the molecule is CCCN1C(N)=NCC1(C)c1cc(Br)ccc1F. The first kappa shape index (κ1) is 13.3. The van der Waals surface area contributed by atoms with Gasteiger partial charge in [-0.15, -0.1) is 0 Å². The number of hydrogen-bond donors (Lipinski definition) is 1. The minimum Gasteiger partial charge on any atom is -0.370 e. The molecule has 1 atom stereocenters. The molecule has 0 aliphatic carbocycles. The Hall–Kier alpha value is -1.10. The average Bonchev–Trinajstić information content (AvgIpc) is 2.62. The maximum absolute atomic E-state index is 14.1. The van der Waals surface area contributed by atoms with E-state index < -0.39 is 5.54 Å². The molecule has 0 aromatic heterocycles. The molecule has 2 rings (SSSR count). The Morgan fingerprint density at radius 1 is 1.56 bits per heavy atom. The van der Waals surface area contributed by atoms with Crippen LogP contribution in [0.2, 0.25) is 0 Å². The van der Waals surface area contributed by atoms with Gasteiger partial charge in [-0.3, -0.25) is 4.99 Å². The van der Waals surface area contributed by atoms with Crippen LogP contribution in [0.15, 0.2) is 27.7 Å². The highest BCUT2D eigenvalue weighted by molar-refractivity contribution is 9.10. The first-order valence-electron chi connectivity index (χ1n) is 6.02. The zero-order valence-electron chi connectivity index (χ0n) is 10.6. The van der Waals surface area contributed by atoms with Gasteiger partial charge >= 0.3 is 0 Å². The maximum Gasteiger partial charge on any atom is 0.192 e. The molecule has 0 radical (unpaired) electrons. The van der Waals surface area contributed by atoms with Gasteiger partial charge < -0.3 is 10.6 Å². The fraction of sp³-hybridized carbons (Fsp3) is 0.462. The molecule has 18 heavy (non-hydrogen) atoms. The molecule has 0 saturated heterocycles. The van der Waals surface area contributed by atoms with Crippen LogP contribution in [0.1, 0.15) is 25.8 Å². The lowest BCUT2D eigenvalue weighted by molar-refractivity contribution is 0.218. The second-order valence-electron chi connectivity index (χ2n) is 4.72. The van der Waals surface area contributed by atoms with Crippen LogP contribution in [0.3, 0.4) is 0 Å². The van der Waals surface area contributed by atoms with Crippen molar-refractivity contribution in [2.24, 2.45) is 10.7 Å². The topological polar surface area (TPSA) is 41.6 Å². The van der Waals surface area contributed by atoms with Crippen molar-refractivity contribution in [1.82, 2.24) is 4.90 Å². The highest BCUT2D eigenvalue weighted by Gasteiger charge is 2.40. The molecule has 0 saturated carbocycles. The normalized spacial score (nSPS) is 23.3. The van der Waals surface area contributed by atoms with Crippen LogP contribution < -0.4 is 5.73 Å². The van der Waals surface area contributed by atoms with Gasteiger partial charge in [-0.05, 0) is 31.5 Å². The number of guanidine groups is 1. The van der Waals surface area contributed by atoms with Gasteiger partial charge in [-0.1, -0.05) is 22.9 Å². The Balaban J connectivity index is 2.45. The predicted octanol–water partition coefficient (Wildman–Crippen LogP) is 2.84. The zero-order chi connectivity index (χ0) is 13.3. The van der Waals surface area contributed by atoms with Gasteiger partial charge in [0.25, 0.3) is 0 Å². The molecule has 1 unspecified atom stereocenters. The minimum atomic E-state index is -0.492. The Labute approximate surface area is 115 Å². The largest absolute Gasteiger partial charge is 0.370 e. The van der Waals surface area contributed by atoms with Gasteiger partial charge in [0.2, 0.25) is 0 Å². The summed E-state index contributed by atoms with van der Waals surface area (Å²) in [7, 11) is 0. The molecule has 1 aliphatic rings. The maximum atomic E-state index is 14.1. The van der Waals surface area contributed by atoms with Crippen molar-refractivity contribution in [2.75, 3.05) is 13.1 Å². The number of aliphatic imine (C=N–C) groups is 1. The van der Waals surface area contributed by atoms with E-state index in [1.54, 1.807) is 6.07 Å². The molecule has 5 heteroatoms. The van der Waals surface area contributed by atoms with E-state index in [1.807, 2.05) is 17.9 Å². The van der Waals surface area contributed by atoms with E-state index in [0.717, 1.165) is 17.4 Å². The summed E-state index contributed by atoms with van der Waals surface area (Å²) in [6.07, 6.45) is 0.946. The first-order valence-corrected chi connectivity index (χ1v) is 6.81. The third kappa shape index (κ3) is 2.11. The summed E-state index contributed by atoms with van der Waals surface area (Å²) in [5, 5.41) is 0. The van der Waals surface area contributed by atoms with E-state index >= 15 is 0 Å². The Bertz CT molecular complexity index is 489. The van der Waals surface area contributed by atoms with Gasteiger partial charge in [0.15, 0.2) is 5.96 Å². The highest BCUT2D eigenvalue weighted by Crippen LogP contribution is 2.35. The zero-order valence-corrected chi connectivity index (χ0v) is 12.2. The molecule has 0 fully saturated rings. The minimum absolute atomic E-state index is 0.216. The molecule has 98 valence electrons. The Morgan fingerprint density at radius 2 is 2.28 bits per heavy atom. The number of nitrogens with two attached hydrogens (primary N) is 1. The Kier molecular flexibility index (Phi) is 3.61. The van der Waals surface area contributed by atoms with Crippen LogP contribution in [0.25, 0.3) is 0 Å². The van der Waals surface area contributed by atoms with Crippen LogP contribution in [0.5, 0.6) is 0 Å². The van der Waals surface area contributed by atoms with Gasteiger partial charge in [-0.25, -0.2) is 4.39 Å². The van der Waals surface area contributed by atoms with Gasteiger partial charge in [0, 0.05) is 16.6 Å². The predicted molar refractivity (Wildman–Crippen MR) is 74.9 cm³/mol. The van der Waals surface area contributed by atoms with Crippen molar-refractivity contribution in [3.63, 3.8) is 0 Å². The molecule has 1 heterocycles. The molecule has 1 aromatic rings. The monoisotopic (exact) mass is 313 g/mol. The summed E-state index contributed by atoms with van der Waals surface area (Å²) in [6.45, 7) is 5.32. The van der Waals surface area contributed by atoms with Crippen molar-refractivity contribution < 1.29 is 4.39 Å². The summed E-state index contributed by atoms with van der Waals surface area (Å²) in [6, 6.07) is 4.99. The molecular weight excluding hydrogens is 297 g/mol. The van der Waals surface area contributed by atoms with Crippen LogP contribution in [-0.4, -0.2) is 23.9 Å². The summed E-state index contributed by atoms with van der Waals surface area (Å²) >= 11 is 3.39. The number of rotatable bonds is 3. The van der Waals surface area contributed by atoms with E-state index in [4.69, 9.17) is 5.73 Å². The summed E-state index contributed by atoms with van der Waals surface area (Å²) in [4.78, 5) is 6.26. The molecule has 1 aromatic carbocycles. The summed E-state index contributed by atoms with van der Waals surface area (Å²) < 4.78 is 14.9. The van der Waals surface area contributed by atoms with Crippen LogP contribution in [0.4, 0.5) is 4.39 Å². The number of halogens is 2.